The summed E-state index contributed by atoms with van der Waals surface area (Å²) in [5.41, 5.74) is 6.67. The number of likely N-dealkylation sites (tertiary alicyclic amines) is 4. The minimum atomic E-state index is -0.176. The van der Waals surface area contributed by atoms with E-state index in [0.717, 1.165) is 104 Å². The van der Waals surface area contributed by atoms with E-state index in [2.05, 4.69) is 39.2 Å². The lowest BCUT2D eigenvalue weighted by atomic mass is 9.85. The smallest absolute Gasteiger partial charge is 0.409 e. The summed E-state index contributed by atoms with van der Waals surface area (Å²) >= 11 is 0. The molecule has 2 saturated carbocycles. The van der Waals surface area contributed by atoms with Crippen molar-refractivity contribution < 1.29 is 23.9 Å². The fourth-order valence-electron chi connectivity index (χ4n) is 10.8. The van der Waals surface area contributed by atoms with E-state index in [0.29, 0.717) is 49.5 Å². The van der Waals surface area contributed by atoms with Gasteiger partial charge in [-0.2, -0.15) is 0 Å². The number of rotatable bonds is 7. The second kappa shape index (κ2) is 18.7. The van der Waals surface area contributed by atoms with Crippen LogP contribution in [0.15, 0.2) is 0 Å². The first-order chi connectivity index (χ1) is 26.0. The van der Waals surface area contributed by atoms with Gasteiger partial charge in [0.1, 0.15) is 0 Å². The Kier molecular flexibility index (Phi) is 14.3. The Labute approximate surface area is 325 Å². The Bertz CT molecular complexity index is 1220. The zero-order chi connectivity index (χ0) is 38.3. The van der Waals surface area contributed by atoms with Crippen molar-refractivity contribution in [1.82, 2.24) is 35.1 Å². The van der Waals surface area contributed by atoms with Crippen LogP contribution in [0.1, 0.15) is 130 Å². The molecular formula is C41H74N8O5. The zero-order valence-corrected chi connectivity index (χ0v) is 34.2. The number of piperidine rings is 4. The lowest BCUT2D eigenvalue weighted by Gasteiger charge is -2.50. The van der Waals surface area contributed by atoms with Crippen molar-refractivity contribution in [3.63, 3.8) is 0 Å². The number of ether oxygens (including phenoxy) is 2. The summed E-state index contributed by atoms with van der Waals surface area (Å²) in [4.78, 5) is 47.7. The van der Waals surface area contributed by atoms with Crippen LogP contribution in [0, 0.1) is 0 Å². The Morgan fingerprint density at radius 3 is 1.70 bits per heavy atom. The summed E-state index contributed by atoms with van der Waals surface area (Å²) < 4.78 is 10.3. The van der Waals surface area contributed by atoms with Gasteiger partial charge in [0.25, 0.3) is 0 Å². The number of amides is 4. The van der Waals surface area contributed by atoms with Gasteiger partial charge in [0.05, 0.1) is 25.3 Å². The molecule has 13 heteroatoms. The number of carbonyl (C=O) groups excluding carboxylic acids is 3. The van der Waals surface area contributed by atoms with Crippen molar-refractivity contribution >= 4 is 18.2 Å². The van der Waals surface area contributed by atoms with E-state index in [9.17, 15) is 14.4 Å². The molecule has 0 unspecified atom stereocenters. The zero-order valence-electron chi connectivity index (χ0n) is 34.2. The third-order valence-corrected chi connectivity index (χ3v) is 14.5. The van der Waals surface area contributed by atoms with Crippen molar-refractivity contribution in [3.8, 4) is 0 Å². The highest BCUT2D eigenvalue weighted by atomic mass is 16.6. The molecule has 13 nitrogen and oxygen atoms in total. The lowest BCUT2D eigenvalue weighted by Crippen LogP contribution is -2.59. The SMILES string of the molecule is CCOC(=O)N1CCC(C)(N2CCC(N3C(=O)N[C@H]4CCCC[C@@H]43)CC2)CC1.CCOC(=O)N1CCC(C)(N2CCC(N[C@H]3CCCC[C@@H]3N)CC2)CC1. The van der Waals surface area contributed by atoms with Gasteiger partial charge in [-0.1, -0.05) is 25.7 Å². The van der Waals surface area contributed by atoms with Crippen molar-refractivity contribution in [3.05, 3.63) is 0 Å². The molecule has 0 aromatic heterocycles. The van der Waals surface area contributed by atoms with Crippen molar-refractivity contribution in [2.24, 2.45) is 5.73 Å². The summed E-state index contributed by atoms with van der Waals surface area (Å²) in [7, 11) is 0. The molecule has 4 amide bonds. The van der Waals surface area contributed by atoms with Gasteiger partial charge in [-0.05, 0) is 105 Å². The number of nitrogens with one attached hydrogen (secondary N) is 2. The fraction of sp³-hybridized carbons (Fsp3) is 0.927. The average molecular weight is 759 g/mol. The molecule has 54 heavy (non-hydrogen) atoms. The van der Waals surface area contributed by atoms with Crippen LogP contribution in [0.2, 0.25) is 0 Å². The predicted octanol–water partition coefficient (Wildman–Crippen LogP) is 5.12. The van der Waals surface area contributed by atoms with Gasteiger partial charge >= 0.3 is 18.2 Å². The number of fused-ring (bicyclic) bond motifs is 1. The maximum Gasteiger partial charge on any atom is 0.409 e. The molecule has 0 radical (unpaired) electrons. The molecule has 308 valence electrons. The Morgan fingerprint density at radius 1 is 0.704 bits per heavy atom. The maximum atomic E-state index is 12.6. The molecule has 0 bridgehead atoms. The van der Waals surface area contributed by atoms with Crippen LogP contribution in [0.4, 0.5) is 14.4 Å². The van der Waals surface area contributed by atoms with Crippen LogP contribution in [0.5, 0.6) is 0 Å². The second-order valence-electron chi connectivity index (χ2n) is 17.9. The van der Waals surface area contributed by atoms with Crippen LogP contribution >= 0.6 is 0 Å². The standard InChI is InChI=1S/C21H36N4O3.C20H38N4O2/c1-3-28-20(27)23-14-10-21(2,11-15-23)24-12-8-16(9-13-24)25-18-7-5-4-6-17(18)22-19(25)26;1-3-26-19(25)23-14-10-20(2,11-15-23)24-12-8-16(9-13-24)22-18-7-5-4-6-17(18)21/h16-18H,3-15H2,1-2H3,(H,22,26);16-18,22H,3-15,21H2,1-2H3/t2*17-,18-/m00/s1. The van der Waals surface area contributed by atoms with Crippen LogP contribution in [0.25, 0.3) is 0 Å². The second-order valence-corrected chi connectivity index (χ2v) is 17.9. The molecule has 0 aromatic rings. The first-order valence-corrected chi connectivity index (χ1v) is 22.0. The van der Waals surface area contributed by atoms with E-state index in [-0.39, 0.29) is 29.3 Å². The number of hydrogen-bond acceptors (Lipinski definition) is 9. The van der Waals surface area contributed by atoms with Gasteiger partial charge in [-0.25, -0.2) is 14.4 Å². The number of nitrogens with two attached hydrogens (primary N) is 1. The fourth-order valence-corrected chi connectivity index (χ4v) is 10.8. The molecule has 5 heterocycles. The third kappa shape index (κ3) is 9.77. The molecule has 4 N–H and O–H groups in total. The predicted molar refractivity (Wildman–Crippen MR) is 211 cm³/mol. The van der Waals surface area contributed by atoms with Crippen LogP contribution < -0.4 is 16.4 Å². The number of urea groups is 1. The minimum Gasteiger partial charge on any atom is -0.450 e. The van der Waals surface area contributed by atoms with Crippen LogP contribution in [0.3, 0.4) is 0 Å². The third-order valence-electron chi connectivity index (χ3n) is 14.5. The van der Waals surface area contributed by atoms with E-state index >= 15 is 0 Å². The van der Waals surface area contributed by atoms with Crippen LogP contribution in [-0.2, 0) is 9.47 Å². The Hall–Kier alpha value is -2.35. The van der Waals surface area contributed by atoms with Gasteiger partial charge in [0.15, 0.2) is 0 Å². The van der Waals surface area contributed by atoms with E-state index in [1.54, 1.807) is 0 Å². The van der Waals surface area contributed by atoms with Crippen LogP contribution in [-0.4, -0.2) is 156 Å². The van der Waals surface area contributed by atoms with E-state index in [1.165, 1.54) is 51.4 Å². The number of nitrogens with zero attached hydrogens (tertiary/aromatic N) is 5. The molecule has 5 saturated heterocycles. The monoisotopic (exact) mass is 759 g/mol. The summed E-state index contributed by atoms with van der Waals surface area (Å²) in [5, 5.41) is 7.09. The Balaban J connectivity index is 0.000000185. The van der Waals surface area contributed by atoms with Gasteiger partial charge in [0.2, 0.25) is 0 Å². The van der Waals surface area contributed by atoms with Crippen molar-refractivity contribution in [1.29, 1.82) is 0 Å². The molecule has 4 atom stereocenters. The average Bonchev–Trinajstić information content (AvgIpc) is 3.52. The van der Waals surface area contributed by atoms with Gasteiger partial charge in [-0.3, -0.25) is 9.80 Å². The number of carbonyl (C=O) groups is 3. The summed E-state index contributed by atoms with van der Waals surface area (Å²) in [6, 6.07) is 2.82. The normalized spacial score (nSPS) is 31.2. The maximum absolute atomic E-state index is 12.6. The largest absolute Gasteiger partial charge is 0.450 e. The van der Waals surface area contributed by atoms with E-state index in [4.69, 9.17) is 15.2 Å². The quantitative estimate of drug-likeness (QED) is 0.324. The summed E-state index contributed by atoms with van der Waals surface area (Å²) in [5.74, 6) is 0. The van der Waals surface area contributed by atoms with Gasteiger partial charge in [0, 0.05) is 87.6 Å². The summed E-state index contributed by atoms with van der Waals surface area (Å²) in [6.07, 6.45) is 18.1. The highest BCUT2D eigenvalue weighted by Crippen LogP contribution is 2.36. The van der Waals surface area contributed by atoms with E-state index < -0.39 is 0 Å². The molecular weight excluding hydrogens is 685 g/mol. The highest BCUT2D eigenvalue weighted by Gasteiger charge is 2.46. The number of hydrogen-bond donors (Lipinski definition) is 3. The van der Waals surface area contributed by atoms with Gasteiger partial charge in [-0.15, -0.1) is 0 Å². The topological polar surface area (TPSA) is 136 Å². The molecule has 0 aromatic carbocycles. The molecule has 5 aliphatic heterocycles. The molecule has 7 fully saturated rings. The molecule has 2 aliphatic carbocycles. The van der Waals surface area contributed by atoms with Crippen molar-refractivity contribution in [2.75, 3.05) is 65.6 Å². The van der Waals surface area contributed by atoms with E-state index in [1.807, 2.05) is 23.6 Å². The Morgan fingerprint density at radius 2 is 1.19 bits per heavy atom. The first kappa shape index (κ1) is 41.3. The minimum absolute atomic E-state index is 0.147. The lowest BCUT2D eigenvalue weighted by molar-refractivity contribution is 0.00122. The van der Waals surface area contributed by atoms with Crippen molar-refractivity contribution in [2.45, 2.75) is 178 Å². The molecule has 7 aliphatic rings. The molecule has 0 spiro atoms. The first-order valence-electron chi connectivity index (χ1n) is 22.0. The highest BCUT2D eigenvalue weighted by molar-refractivity contribution is 5.78. The van der Waals surface area contributed by atoms with Gasteiger partial charge < -0.3 is 40.5 Å². The summed E-state index contributed by atoms with van der Waals surface area (Å²) in [6.45, 7) is 16.9. The molecule has 7 rings (SSSR count).